The van der Waals surface area contributed by atoms with Crippen LogP contribution >= 0.6 is 0 Å². The largest absolute Gasteiger partial charge is 0.490 e. The SMILES string of the molecule is Cc1ncc2c(c1OCC(C)(COc1c(C)ncc3c1COC(C)OC3)COc1c(C)ncc3c1COC(C)OC3)COC(C)OC2. The minimum absolute atomic E-state index is 0.263. The highest BCUT2D eigenvalue weighted by Crippen LogP contribution is 2.35. The van der Waals surface area contributed by atoms with Crippen molar-refractivity contribution in [1.82, 2.24) is 15.0 Å². The molecule has 0 aliphatic carbocycles. The summed E-state index contributed by atoms with van der Waals surface area (Å²) in [6.45, 7) is 16.6. The van der Waals surface area contributed by atoms with Crippen LogP contribution in [-0.4, -0.2) is 53.6 Å². The summed E-state index contributed by atoms with van der Waals surface area (Å²) >= 11 is 0. The molecule has 0 fully saturated rings. The minimum Gasteiger partial charge on any atom is -0.490 e. The molecule has 0 spiro atoms. The second kappa shape index (κ2) is 14.4. The molecule has 0 N–H and O–H groups in total. The maximum absolute atomic E-state index is 6.64. The van der Waals surface area contributed by atoms with Crippen molar-refractivity contribution in [3.63, 3.8) is 0 Å². The molecule has 3 atom stereocenters. The van der Waals surface area contributed by atoms with E-state index < -0.39 is 5.41 Å². The van der Waals surface area contributed by atoms with E-state index in [1.807, 2.05) is 60.1 Å². The zero-order valence-corrected chi connectivity index (χ0v) is 28.3. The second-order valence-electron chi connectivity index (χ2n) is 12.8. The number of hydrogen-bond donors (Lipinski definition) is 0. The van der Waals surface area contributed by atoms with Gasteiger partial charge in [0.2, 0.25) is 0 Å². The Kier molecular flexibility index (Phi) is 10.3. The van der Waals surface area contributed by atoms with Gasteiger partial charge in [-0.15, -0.1) is 0 Å². The minimum atomic E-state index is -0.653. The van der Waals surface area contributed by atoms with Crippen molar-refractivity contribution in [2.24, 2.45) is 5.41 Å². The summed E-state index contributed by atoms with van der Waals surface area (Å²) in [5.74, 6) is 2.05. The van der Waals surface area contributed by atoms with Gasteiger partial charge in [0.15, 0.2) is 18.9 Å². The van der Waals surface area contributed by atoms with E-state index in [2.05, 4.69) is 21.9 Å². The van der Waals surface area contributed by atoms with Crippen LogP contribution in [0.1, 0.15) is 78.2 Å². The van der Waals surface area contributed by atoms with Gasteiger partial charge in [-0.1, -0.05) is 0 Å². The first-order chi connectivity index (χ1) is 22.6. The molecular formula is C35H45N3O9. The second-order valence-corrected chi connectivity index (χ2v) is 12.8. The van der Waals surface area contributed by atoms with Crippen LogP contribution in [-0.2, 0) is 68.1 Å². The number of pyridine rings is 3. The van der Waals surface area contributed by atoms with Crippen molar-refractivity contribution in [3.8, 4) is 17.2 Å². The Labute approximate surface area is 276 Å². The van der Waals surface area contributed by atoms with Gasteiger partial charge in [-0.3, -0.25) is 15.0 Å². The van der Waals surface area contributed by atoms with Crippen LogP contribution in [0.3, 0.4) is 0 Å². The van der Waals surface area contributed by atoms with Crippen molar-refractivity contribution >= 4 is 0 Å². The lowest BCUT2D eigenvalue weighted by Crippen LogP contribution is -2.38. The number of aromatic nitrogens is 3. The van der Waals surface area contributed by atoms with E-state index in [0.29, 0.717) is 56.9 Å². The molecule has 6 rings (SSSR count). The number of ether oxygens (including phenoxy) is 9. The van der Waals surface area contributed by atoms with Crippen molar-refractivity contribution in [1.29, 1.82) is 0 Å². The molecule has 47 heavy (non-hydrogen) atoms. The monoisotopic (exact) mass is 651 g/mol. The first kappa shape index (κ1) is 33.5. The molecule has 12 heteroatoms. The maximum atomic E-state index is 6.64. The molecule has 3 aromatic heterocycles. The Hall–Kier alpha value is -3.39. The lowest BCUT2D eigenvalue weighted by Gasteiger charge is -2.31. The standard InChI is InChI=1S/C35H45N3O9/c1-20-32(29-14-42-23(4)39-11-26(29)8-36-20)45-17-35(7,18-46-33-21(2)37-9-27-12-40-24(5)43-15-30(27)33)19-47-34-22(3)38-10-28-13-41-25(6)44-16-31(28)34/h8-10,23-25H,11-19H2,1-7H3. The van der Waals surface area contributed by atoms with Gasteiger partial charge in [0.1, 0.15) is 37.1 Å². The lowest BCUT2D eigenvalue weighted by atomic mass is 9.93. The van der Waals surface area contributed by atoms with E-state index in [4.69, 9.17) is 42.6 Å². The average molecular weight is 652 g/mol. The fourth-order valence-electron chi connectivity index (χ4n) is 5.68. The van der Waals surface area contributed by atoms with Crippen LogP contribution in [0, 0.1) is 26.2 Å². The Bertz CT molecular complexity index is 1400. The van der Waals surface area contributed by atoms with E-state index in [9.17, 15) is 0 Å². The molecule has 6 heterocycles. The molecule has 0 aromatic carbocycles. The fraction of sp³-hybridized carbons (Fsp3) is 0.571. The quantitative estimate of drug-likeness (QED) is 0.290. The zero-order valence-electron chi connectivity index (χ0n) is 28.3. The van der Waals surface area contributed by atoms with Crippen LogP contribution in [0.2, 0.25) is 0 Å². The van der Waals surface area contributed by atoms with Crippen LogP contribution in [0.25, 0.3) is 0 Å². The van der Waals surface area contributed by atoms with Gasteiger partial charge in [-0.25, -0.2) is 0 Å². The van der Waals surface area contributed by atoms with Gasteiger partial charge in [0, 0.05) is 52.0 Å². The van der Waals surface area contributed by atoms with E-state index in [0.717, 1.165) is 50.5 Å². The summed E-state index contributed by atoms with van der Waals surface area (Å²) in [5.41, 5.74) is 7.29. The van der Waals surface area contributed by atoms with Crippen molar-refractivity contribution in [2.75, 3.05) is 19.8 Å². The van der Waals surface area contributed by atoms with E-state index in [-0.39, 0.29) is 38.7 Å². The first-order valence-electron chi connectivity index (χ1n) is 16.1. The highest BCUT2D eigenvalue weighted by Gasteiger charge is 2.33. The van der Waals surface area contributed by atoms with Crippen LogP contribution < -0.4 is 14.2 Å². The predicted molar refractivity (Wildman–Crippen MR) is 169 cm³/mol. The smallest absolute Gasteiger partial charge is 0.155 e. The van der Waals surface area contributed by atoms with E-state index >= 15 is 0 Å². The van der Waals surface area contributed by atoms with Crippen molar-refractivity contribution in [2.45, 2.75) is 107 Å². The normalized spacial score (nSPS) is 22.4. The number of fused-ring (bicyclic) bond motifs is 3. The Balaban J connectivity index is 1.29. The van der Waals surface area contributed by atoms with Gasteiger partial charge in [0.05, 0.1) is 62.1 Å². The Morgan fingerprint density at radius 1 is 0.532 bits per heavy atom. The average Bonchev–Trinajstić information content (AvgIpc) is 3.46. The summed E-state index contributed by atoms with van der Waals surface area (Å²) in [4.78, 5) is 13.8. The third-order valence-corrected chi connectivity index (χ3v) is 8.72. The van der Waals surface area contributed by atoms with Gasteiger partial charge in [0.25, 0.3) is 0 Å². The van der Waals surface area contributed by atoms with Crippen LogP contribution in [0.15, 0.2) is 18.6 Å². The molecule has 12 nitrogen and oxygen atoms in total. The van der Waals surface area contributed by atoms with Crippen LogP contribution in [0.4, 0.5) is 0 Å². The molecular weight excluding hydrogens is 606 g/mol. The number of aryl methyl sites for hydroxylation is 3. The van der Waals surface area contributed by atoms with E-state index in [1.54, 1.807) is 0 Å². The third kappa shape index (κ3) is 7.69. The molecule has 3 aromatic rings. The summed E-state index contributed by atoms with van der Waals surface area (Å²) in [7, 11) is 0. The summed E-state index contributed by atoms with van der Waals surface area (Å²) in [6.07, 6.45) is 4.51. The topological polar surface area (TPSA) is 122 Å². The molecule has 0 saturated carbocycles. The molecule has 0 saturated heterocycles. The number of rotatable bonds is 9. The molecule has 3 aliphatic rings. The van der Waals surface area contributed by atoms with Gasteiger partial charge < -0.3 is 42.6 Å². The fourth-order valence-corrected chi connectivity index (χ4v) is 5.68. The molecule has 0 radical (unpaired) electrons. The first-order valence-corrected chi connectivity index (χ1v) is 16.1. The van der Waals surface area contributed by atoms with Gasteiger partial charge in [-0.2, -0.15) is 0 Å². The Morgan fingerprint density at radius 3 is 1.11 bits per heavy atom. The molecule has 254 valence electrons. The van der Waals surface area contributed by atoms with E-state index in [1.165, 1.54) is 0 Å². The molecule has 0 bridgehead atoms. The third-order valence-electron chi connectivity index (χ3n) is 8.72. The Morgan fingerprint density at radius 2 is 0.809 bits per heavy atom. The van der Waals surface area contributed by atoms with Gasteiger partial charge in [-0.05, 0) is 48.5 Å². The molecule has 3 unspecified atom stereocenters. The summed E-state index contributed by atoms with van der Waals surface area (Å²) in [5, 5.41) is 0. The zero-order chi connectivity index (χ0) is 33.1. The summed E-state index contributed by atoms with van der Waals surface area (Å²) < 4.78 is 55.0. The van der Waals surface area contributed by atoms with Gasteiger partial charge >= 0.3 is 0 Å². The highest BCUT2D eigenvalue weighted by molar-refractivity contribution is 5.44. The maximum Gasteiger partial charge on any atom is 0.155 e. The number of nitrogens with zero attached hydrogens (tertiary/aromatic N) is 3. The van der Waals surface area contributed by atoms with Crippen LogP contribution in [0.5, 0.6) is 17.2 Å². The highest BCUT2D eigenvalue weighted by atomic mass is 16.7. The number of hydrogen-bond acceptors (Lipinski definition) is 12. The molecule has 0 amide bonds. The predicted octanol–water partition coefficient (Wildman–Crippen LogP) is 5.52. The summed E-state index contributed by atoms with van der Waals surface area (Å²) in [6, 6.07) is 0. The van der Waals surface area contributed by atoms with Crippen molar-refractivity contribution in [3.05, 3.63) is 69.1 Å². The lowest BCUT2D eigenvalue weighted by molar-refractivity contribution is -0.136. The van der Waals surface area contributed by atoms with Crippen molar-refractivity contribution < 1.29 is 42.6 Å². The molecule has 3 aliphatic heterocycles.